The zero-order chi connectivity index (χ0) is 33.1. The SMILES string of the molecule is CC[C@](C)(NCC(C)(C)c1ccccc1CNc1ccc(C(C)C)c(C(C)(C)C)c1)C(=O)Oc1ccc(C(C)(C)C)c(F)c1. The van der Waals surface area contributed by atoms with Crippen LogP contribution in [0.15, 0.2) is 60.7 Å². The topological polar surface area (TPSA) is 50.4 Å². The summed E-state index contributed by atoms with van der Waals surface area (Å²) in [6.07, 6.45) is 0.524. The molecule has 0 heterocycles. The first kappa shape index (κ1) is 35.3. The molecule has 0 radical (unpaired) electrons. The Hall–Kier alpha value is -3.18. The van der Waals surface area contributed by atoms with Crippen LogP contribution in [0.2, 0.25) is 0 Å². The maximum Gasteiger partial charge on any atom is 0.331 e. The Morgan fingerprint density at radius 1 is 0.818 bits per heavy atom. The summed E-state index contributed by atoms with van der Waals surface area (Å²) >= 11 is 0. The highest BCUT2D eigenvalue weighted by Gasteiger charge is 2.36. The van der Waals surface area contributed by atoms with E-state index in [0.717, 1.165) is 5.69 Å². The van der Waals surface area contributed by atoms with Gasteiger partial charge in [0.15, 0.2) is 0 Å². The van der Waals surface area contributed by atoms with Crippen molar-refractivity contribution in [2.24, 2.45) is 0 Å². The summed E-state index contributed by atoms with van der Waals surface area (Å²) in [4.78, 5) is 13.4. The molecular weight excluding hydrogens is 547 g/mol. The maximum absolute atomic E-state index is 14.8. The van der Waals surface area contributed by atoms with Crippen LogP contribution in [0.4, 0.5) is 10.1 Å². The van der Waals surface area contributed by atoms with Crippen molar-refractivity contribution in [3.63, 3.8) is 0 Å². The number of hydrogen-bond acceptors (Lipinski definition) is 4. The Balaban J connectivity index is 1.75. The van der Waals surface area contributed by atoms with Crippen LogP contribution >= 0.6 is 0 Å². The molecule has 0 fully saturated rings. The lowest BCUT2D eigenvalue weighted by Crippen LogP contribution is -2.54. The first-order chi connectivity index (χ1) is 20.3. The summed E-state index contributed by atoms with van der Waals surface area (Å²) in [6, 6.07) is 19.9. The van der Waals surface area contributed by atoms with Gasteiger partial charge in [0.2, 0.25) is 0 Å². The fourth-order valence-electron chi connectivity index (χ4n) is 5.59. The van der Waals surface area contributed by atoms with Crippen LogP contribution < -0.4 is 15.4 Å². The molecule has 0 aromatic heterocycles. The molecule has 240 valence electrons. The number of carbonyl (C=O) groups is 1. The van der Waals surface area contributed by atoms with E-state index in [1.807, 2.05) is 34.6 Å². The summed E-state index contributed by atoms with van der Waals surface area (Å²) in [5, 5.41) is 7.18. The minimum absolute atomic E-state index is 0.0555. The summed E-state index contributed by atoms with van der Waals surface area (Å²) in [5.74, 6) is -0.110. The Labute approximate surface area is 266 Å². The van der Waals surface area contributed by atoms with E-state index in [4.69, 9.17) is 4.74 Å². The molecule has 0 aliphatic rings. The number of hydrogen-bond donors (Lipinski definition) is 2. The van der Waals surface area contributed by atoms with Crippen LogP contribution in [0.3, 0.4) is 0 Å². The second-order valence-corrected chi connectivity index (χ2v) is 15.4. The van der Waals surface area contributed by atoms with Crippen LogP contribution in [-0.2, 0) is 27.6 Å². The Morgan fingerprint density at radius 3 is 2.02 bits per heavy atom. The van der Waals surface area contributed by atoms with Crippen molar-refractivity contribution in [3.8, 4) is 5.75 Å². The molecular formula is C39H55FN2O2. The maximum atomic E-state index is 14.8. The third-order valence-electron chi connectivity index (χ3n) is 8.75. The fraction of sp³-hybridized carbons (Fsp3) is 0.513. The summed E-state index contributed by atoms with van der Waals surface area (Å²) in [6.45, 7) is 26.6. The standard InChI is InChI=1S/C39H55FN2O2/c1-13-39(12,35(43)44-29-19-21-32(34(40)23-29)36(4,5)6)42-25-38(10,11)31-17-15-14-16-27(31)24-41-28-18-20-30(26(2)3)33(22-28)37(7,8)9/h14-23,26,41-42H,13,24-25H2,1-12H3/t39-/m0/s1. The van der Waals surface area contributed by atoms with Crippen molar-refractivity contribution in [2.75, 3.05) is 11.9 Å². The number of nitrogens with one attached hydrogen (secondary N) is 2. The molecule has 5 heteroatoms. The molecule has 4 nitrogen and oxygen atoms in total. The molecule has 0 spiro atoms. The predicted octanol–water partition coefficient (Wildman–Crippen LogP) is 9.80. The van der Waals surface area contributed by atoms with E-state index in [2.05, 4.69) is 102 Å². The van der Waals surface area contributed by atoms with Gasteiger partial charge >= 0.3 is 5.97 Å². The number of anilines is 1. The van der Waals surface area contributed by atoms with Crippen molar-refractivity contribution in [1.29, 1.82) is 0 Å². The van der Waals surface area contributed by atoms with Crippen molar-refractivity contribution in [3.05, 3.63) is 94.3 Å². The van der Waals surface area contributed by atoms with E-state index in [9.17, 15) is 9.18 Å². The average molecular weight is 603 g/mol. The van der Waals surface area contributed by atoms with Gasteiger partial charge in [-0.3, -0.25) is 0 Å². The highest BCUT2D eigenvalue weighted by atomic mass is 19.1. The summed E-state index contributed by atoms with van der Waals surface area (Å²) < 4.78 is 20.5. The number of esters is 1. The van der Waals surface area contributed by atoms with Gasteiger partial charge < -0.3 is 15.4 Å². The van der Waals surface area contributed by atoms with Crippen LogP contribution in [0, 0.1) is 5.82 Å². The van der Waals surface area contributed by atoms with E-state index >= 15 is 0 Å². The van der Waals surface area contributed by atoms with Gasteiger partial charge in [-0.25, -0.2) is 9.18 Å². The van der Waals surface area contributed by atoms with E-state index in [-0.39, 0.29) is 27.8 Å². The first-order valence-corrected chi connectivity index (χ1v) is 16.0. The van der Waals surface area contributed by atoms with Gasteiger partial charge in [0.25, 0.3) is 0 Å². The van der Waals surface area contributed by atoms with Gasteiger partial charge in [0.05, 0.1) is 0 Å². The zero-order valence-electron chi connectivity index (χ0n) is 29.2. The molecule has 0 unspecified atom stereocenters. The quantitative estimate of drug-likeness (QED) is 0.169. The lowest BCUT2D eigenvalue weighted by Gasteiger charge is -2.34. The molecule has 0 aliphatic carbocycles. The molecule has 0 saturated heterocycles. The number of carbonyl (C=O) groups excluding carboxylic acids is 1. The first-order valence-electron chi connectivity index (χ1n) is 16.0. The monoisotopic (exact) mass is 602 g/mol. The molecule has 44 heavy (non-hydrogen) atoms. The van der Waals surface area contributed by atoms with Gasteiger partial charge in [-0.05, 0) is 76.1 Å². The van der Waals surface area contributed by atoms with Crippen molar-refractivity contribution in [1.82, 2.24) is 5.32 Å². The third-order valence-corrected chi connectivity index (χ3v) is 8.75. The molecule has 3 aromatic carbocycles. The van der Waals surface area contributed by atoms with Gasteiger partial charge in [-0.15, -0.1) is 0 Å². The Kier molecular flexibility index (Phi) is 10.8. The normalized spacial score (nSPS) is 14.0. The predicted molar refractivity (Wildman–Crippen MR) is 183 cm³/mol. The zero-order valence-corrected chi connectivity index (χ0v) is 29.2. The van der Waals surface area contributed by atoms with E-state index in [1.54, 1.807) is 12.1 Å². The minimum Gasteiger partial charge on any atom is -0.425 e. The van der Waals surface area contributed by atoms with Crippen LogP contribution in [-0.4, -0.2) is 18.1 Å². The Bertz CT molecular complexity index is 1450. The number of halogens is 1. The van der Waals surface area contributed by atoms with Crippen molar-refractivity contribution < 1.29 is 13.9 Å². The molecule has 3 rings (SSSR count). The largest absolute Gasteiger partial charge is 0.425 e. The molecule has 2 N–H and O–H groups in total. The molecule has 0 amide bonds. The molecule has 0 saturated carbocycles. The lowest BCUT2D eigenvalue weighted by atomic mass is 9.80. The van der Waals surface area contributed by atoms with Gasteiger partial charge in [-0.2, -0.15) is 0 Å². The van der Waals surface area contributed by atoms with E-state index in [0.29, 0.717) is 31.0 Å². The smallest absolute Gasteiger partial charge is 0.331 e. The summed E-state index contributed by atoms with van der Waals surface area (Å²) in [5.41, 5.74) is 5.37. The van der Waals surface area contributed by atoms with Gasteiger partial charge in [0.1, 0.15) is 17.1 Å². The fourth-order valence-corrected chi connectivity index (χ4v) is 5.59. The highest BCUT2D eigenvalue weighted by Crippen LogP contribution is 2.34. The summed E-state index contributed by atoms with van der Waals surface area (Å²) in [7, 11) is 0. The van der Waals surface area contributed by atoms with Crippen LogP contribution in [0.1, 0.15) is 123 Å². The van der Waals surface area contributed by atoms with E-state index in [1.165, 1.54) is 28.3 Å². The van der Waals surface area contributed by atoms with Crippen molar-refractivity contribution >= 4 is 11.7 Å². The van der Waals surface area contributed by atoms with Gasteiger partial charge in [0, 0.05) is 30.3 Å². The number of rotatable bonds is 11. The van der Waals surface area contributed by atoms with E-state index < -0.39 is 11.5 Å². The number of ether oxygens (including phenoxy) is 1. The second-order valence-electron chi connectivity index (χ2n) is 15.4. The second kappa shape index (κ2) is 13.4. The van der Waals surface area contributed by atoms with Crippen molar-refractivity contribution in [2.45, 2.75) is 124 Å². The molecule has 0 aliphatic heterocycles. The molecule has 3 aromatic rings. The molecule has 1 atom stereocenters. The third kappa shape index (κ3) is 8.50. The Morgan fingerprint density at radius 2 is 1.45 bits per heavy atom. The lowest BCUT2D eigenvalue weighted by molar-refractivity contribution is -0.141. The molecule has 0 bridgehead atoms. The highest BCUT2D eigenvalue weighted by molar-refractivity contribution is 5.82. The minimum atomic E-state index is -0.939. The number of benzene rings is 3. The van der Waals surface area contributed by atoms with Crippen LogP contribution in [0.25, 0.3) is 0 Å². The average Bonchev–Trinajstić information content (AvgIpc) is 2.93. The van der Waals surface area contributed by atoms with Crippen LogP contribution in [0.5, 0.6) is 5.75 Å². The van der Waals surface area contributed by atoms with Gasteiger partial charge in [-0.1, -0.05) is 113 Å².